The number of nitrogens with zero attached hydrogens (tertiary/aromatic N) is 1. The van der Waals surface area contributed by atoms with E-state index in [9.17, 15) is 0 Å². The minimum Gasteiger partial charge on any atom is -0.456 e. The zero-order chi connectivity index (χ0) is 36.3. The first-order valence-electron chi connectivity index (χ1n) is 19.0. The number of rotatable bonds is 6. The second-order valence-electron chi connectivity index (χ2n) is 14.4. The SMILES string of the molecule is c1ccc(-c2cc3c(c(N(c4ccccc4-c4cccc5oc6ccccc6c45)c4cccc5ccccc45)c2-c2ccccc2)Cc2ccccc2-3)cc1. The maximum Gasteiger partial charge on any atom is 0.136 e. The van der Waals surface area contributed by atoms with E-state index in [-0.39, 0.29) is 0 Å². The van der Waals surface area contributed by atoms with E-state index >= 15 is 0 Å². The Labute approximate surface area is 320 Å². The van der Waals surface area contributed by atoms with Gasteiger partial charge in [0.15, 0.2) is 0 Å². The molecule has 0 saturated carbocycles. The molecule has 0 unspecified atom stereocenters. The summed E-state index contributed by atoms with van der Waals surface area (Å²) in [7, 11) is 0. The predicted octanol–water partition coefficient (Wildman–Crippen LogP) is 14.8. The Kier molecular flexibility index (Phi) is 7.28. The summed E-state index contributed by atoms with van der Waals surface area (Å²) in [6.45, 7) is 0. The van der Waals surface area contributed by atoms with Crippen LogP contribution < -0.4 is 4.90 Å². The molecule has 10 aromatic rings. The minimum absolute atomic E-state index is 0.834. The number of furan rings is 1. The van der Waals surface area contributed by atoms with Gasteiger partial charge in [-0.3, -0.25) is 0 Å². The lowest BCUT2D eigenvalue weighted by atomic mass is 9.86. The molecule has 55 heavy (non-hydrogen) atoms. The monoisotopic (exact) mass is 701 g/mol. The average Bonchev–Trinajstić information content (AvgIpc) is 3.83. The van der Waals surface area contributed by atoms with Crippen LogP contribution in [0.15, 0.2) is 205 Å². The zero-order valence-corrected chi connectivity index (χ0v) is 30.1. The lowest BCUT2D eigenvalue weighted by Crippen LogP contribution is -2.16. The summed E-state index contributed by atoms with van der Waals surface area (Å²) >= 11 is 0. The van der Waals surface area contributed by atoms with Crippen LogP contribution >= 0.6 is 0 Å². The van der Waals surface area contributed by atoms with Gasteiger partial charge >= 0.3 is 0 Å². The molecular weight excluding hydrogens is 667 g/mol. The number of fused-ring (bicyclic) bond motifs is 7. The molecule has 1 aromatic heterocycles. The Balaban J connectivity index is 1.32. The van der Waals surface area contributed by atoms with Gasteiger partial charge < -0.3 is 9.32 Å². The van der Waals surface area contributed by atoms with Crippen LogP contribution in [0, 0.1) is 0 Å². The van der Waals surface area contributed by atoms with Gasteiger partial charge in [-0.2, -0.15) is 0 Å². The summed E-state index contributed by atoms with van der Waals surface area (Å²) in [5, 5.41) is 4.64. The van der Waals surface area contributed by atoms with Crippen molar-refractivity contribution in [1.82, 2.24) is 0 Å². The third kappa shape index (κ3) is 5.03. The van der Waals surface area contributed by atoms with Gasteiger partial charge in [0.25, 0.3) is 0 Å². The summed E-state index contributed by atoms with van der Waals surface area (Å²) < 4.78 is 6.47. The fourth-order valence-electron chi connectivity index (χ4n) is 8.92. The first-order chi connectivity index (χ1) is 27.3. The third-order valence-corrected chi connectivity index (χ3v) is 11.3. The summed E-state index contributed by atoms with van der Waals surface area (Å²) in [5.41, 5.74) is 17.6. The quantitative estimate of drug-likeness (QED) is 0.172. The standard InChI is InChI=1S/C53H35NO/c1-3-17-36(18-4-1)44-34-45-39-24-9-8-22-38(39)33-46(45)53(51(44)37-20-5-2-6-21-37)54(47-30-15-23-35-19-7-10-25-40(35)47)48-29-13-11-26-41(48)42-28-16-32-50-52(42)43-27-12-14-31-49(43)55-50/h1-32,34H,33H2. The molecule has 9 aromatic carbocycles. The van der Waals surface area contributed by atoms with Gasteiger partial charge in [-0.05, 0) is 80.2 Å². The summed E-state index contributed by atoms with van der Waals surface area (Å²) in [6.07, 6.45) is 0.834. The molecule has 258 valence electrons. The van der Waals surface area contributed by atoms with E-state index in [2.05, 4.69) is 199 Å². The van der Waals surface area contributed by atoms with Crippen molar-refractivity contribution in [3.63, 3.8) is 0 Å². The molecule has 0 N–H and O–H groups in total. The van der Waals surface area contributed by atoms with E-state index in [4.69, 9.17) is 4.42 Å². The van der Waals surface area contributed by atoms with Crippen LogP contribution in [-0.4, -0.2) is 0 Å². The molecule has 0 radical (unpaired) electrons. The summed E-state index contributed by atoms with van der Waals surface area (Å²) in [6, 6.07) is 72.6. The molecule has 0 atom stereocenters. The first-order valence-corrected chi connectivity index (χ1v) is 19.0. The highest BCUT2D eigenvalue weighted by Crippen LogP contribution is 2.56. The minimum atomic E-state index is 0.834. The number of anilines is 3. The molecule has 2 heteroatoms. The van der Waals surface area contributed by atoms with Crippen LogP contribution in [0.4, 0.5) is 17.1 Å². The molecule has 2 nitrogen and oxygen atoms in total. The molecular formula is C53H35NO. The van der Waals surface area contributed by atoms with Crippen molar-refractivity contribution in [2.45, 2.75) is 6.42 Å². The molecule has 0 fully saturated rings. The number of benzene rings is 9. The number of hydrogen-bond acceptors (Lipinski definition) is 2. The van der Waals surface area contributed by atoms with Crippen LogP contribution in [0.2, 0.25) is 0 Å². The first kappa shape index (κ1) is 31.4. The summed E-state index contributed by atoms with van der Waals surface area (Å²) in [4.78, 5) is 2.58. The van der Waals surface area contributed by atoms with Crippen molar-refractivity contribution in [1.29, 1.82) is 0 Å². The van der Waals surface area contributed by atoms with Crippen LogP contribution in [0.5, 0.6) is 0 Å². The predicted molar refractivity (Wildman–Crippen MR) is 230 cm³/mol. The molecule has 1 heterocycles. The maximum absolute atomic E-state index is 6.47. The topological polar surface area (TPSA) is 16.4 Å². The van der Waals surface area contributed by atoms with E-state index < -0.39 is 0 Å². The lowest BCUT2D eigenvalue weighted by molar-refractivity contribution is 0.669. The highest BCUT2D eigenvalue weighted by molar-refractivity contribution is 6.15. The Morgan fingerprint density at radius 2 is 1.00 bits per heavy atom. The molecule has 0 saturated heterocycles. The summed E-state index contributed by atoms with van der Waals surface area (Å²) in [5.74, 6) is 0. The van der Waals surface area contributed by atoms with Crippen molar-refractivity contribution < 1.29 is 4.42 Å². The highest BCUT2D eigenvalue weighted by atomic mass is 16.3. The number of hydrogen-bond donors (Lipinski definition) is 0. The normalized spacial score (nSPS) is 11.9. The van der Waals surface area contributed by atoms with Crippen LogP contribution in [0.1, 0.15) is 11.1 Å². The zero-order valence-electron chi connectivity index (χ0n) is 30.1. The Hall–Kier alpha value is -7.16. The van der Waals surface area contributed by atoms with E-state index in [1.807, 2.05) is 6.07 Å². The smallest absolute Gasteiger partial charge is 0.136 e. The van der Waals surface area contributed by atoms with Crippen LogP contribution in [0.25, 0.3) is 77.2 Å². The van der Waals surface area contributed by atoms with Gasteiger partial charge in [0.05, 0.1) is 17.1 Å². The highest BCUT2D eigenvalue weighted by Gasteiger charge is 2.32. The van der Waals surface area contributed by atoms with Crippen molar-refractivity contribution in [3.05, 3.63) is 211 Å². The van der Waals surface area contributed by atoms with Crippen LogP contribution in [-0.2, 0) is 6.42 Å². The Morgan fingerprint density at radius 3 is 1.85 bits per heavy atom. The Morgan fingerprint density at radius 1 is 0.400 bits per heavy atom. The molecule has 0 bridgehead atoms. The molecule has 0 aliphatic heterocycles. The third-order valence-electron chi connectivity index (χ3n) is 11.3. The van der Waals surface area contributed by atoms with Crippen molar-refractivity contribution in [3.8, 4) is 44.5 Å². The average molecular weight is 702 g/mol. The molecule has 11 rings (SSSR count). The van der Waals surface area contributed by atoms with Gasteiger partial charge in [-0.15, -0.1) is 0 Å². The van der Waals surface area contributed by atoms with Crippen molar-refractivity contribution in [2.75, 3.05) is 4.90 Å². The maximum atomic E-state index is 6.47. The van der Waals surface area contributed by atoms with Crippen molar-refractivity contribution in [2.24, 2.45) is 0 Å². The van der Waals surface area contributed by atoms with Gasteiger partial charge in [0, 0.05) is 33.7 Å². The van der Waals surface area contributed by atoms with Gasteiger partial charge in [-0.1, -0.05) is 170 Å². The van der Waals surface area contributed by atoms with E-state index in [1.54, 1.807) is 0 Å². The van der Waals surface area contributed by atoms with E-state index in [0.29, 0.717) is 0 Å². The van der Waals surface area contributed by atoms with E-state index in [1.165, 1.54) is 61.0 Å². The molecule has 1 aliphatic carbocycles. The molecule has 1 aliphatic rings. The molecule has 0 spiro atoms. The number of para-hydroxylation sites is 2. The van der Waals surface area contributed by atoms with Gasteiger partial charge in [0.1, 0.15) is 11.2 Å². The largest absolute Gasteiger partial charge is 0.456 e. The van der Waals surface area contributed by atoms with Gasteiger partial charge in [0.2, 0.25) is 0 Å². The van der Waals surface area contributed by atoms with E-state index in [0.717, 1.165) is 50.9 Å². The molecule has 0 amide bonds. The van der Waals surface area contributed by atoms with Gasteiger partial charge in [-0.25, -0.2) is 0 Å². The van der Waals surface area contributed by atoms with Crippen LogP contribution in [0.3, 0.4) is 0 Å². The fourth-order valence-corrected chi connectivity index (χ4v) is 8.92. The second kappa shape index (κ2) is 12.8. The lowest BCUT2D eigenvalue weighted by Gasteiger charge is -2.34. The van der Waals surface area contributed by atoms with Crippen molar-refractivity contribution >= 4 is 49.8 Å². The fraction of sp³-hybridized carbons (Fsp3) is 0.0189. The Bertz CT molecular complexity index is 3060. The second-order valence-corrected chi connectivity index (χ2v) is 14.4.